The van der Waals surface area contributed by atoms with Crippen molar-refractivity contribution in [2.24, 2.45) is 4.99 Å². The van der Waals surface area contributed by atoms with Crippen molar-refractivity contribution < 1.29 is 17.9 Å². The fourth-order valence-corrected chi connectivity index (χ4v) is 4.42. The quantitative estimate of drug-likeness (QED) is 0.359. The number of hydrogen-bond donors (Lipinski definition) is 2. The van der Waals surface area contributed by atoms with Crippen LogP contribution in [0.3, 0.4) is 0 Å². The zero-order valence-corrected chi connectivity index (χ0v) is 18.0. The number of nitrogens with one attached hydrogen (secondary N) is 2. The minimum Gasteiger partial charge on any atom is -0.491 e. The van der Waals surface area contributed by atoms with E-state index in [4.69, 9.17) is 9.47 Å². The lowest BCUT2D eigenvalue weighted by atomic mass is 10.1. The molecule has 1 atom stereocenters. The third-order valence-electron chi connectivity index (χ3n) is 4.69. The molecule has 2 N–H and O–H groups in total. The van der Waals surface area contributed by atoms with Crippen LogP contribution in [-0.2, 0) is 21.3 Å². The van der Waals surface area contributed by atoms with Crippen LogP contribution in [0.4, 0.5) is 0 Å². The van der Waals surface area contributed by atoms with Crippen molar-refractivity contribution in [3.63, 3.8) is 0 Å². The molecule has 9 heteroatoms. The summed E-state index contributed by atoms with van der Waals surface area (Å²) in [5.74, 6) is 1.45. The molecule has 1 heterocycles. The van der Waals surface area contributed by atoms with E-state index in [1.165, 1.54) is 6.26 Å². The molecule has 0 aromatic heterocycles. The van der Waals surface area contributed by atoms with Gasteiger partial charge in [0.2, 0.25) is 10.0 Å². The van der Waals surface area contributed by atoms with E-state index in [9.17, 15) is 8.42 Å². The van der Waals surface area contributed by atoms with Crippen LogP contribution >= 0.6 is 0 Å². The molecule has 0 saturated carbocycles. The van der Waals surface area contributed by atoms with E-state index >= 15 is 0 Å². The number of rotatable bonds is 9. The second kappa shape index (κ2) is 10.6. The normalized spacial score (nSPS) is 18.3. The van der Waals surface area contributed by atoms with Crippen molar-refractivity contribution in [2.75, 3.05) is 46.7 Å². The van der Waals surface area contributed by atoms with Gasteiger partial charge in [0.25, 0.3) is 0 Å². The first-order valence-corrected chi connectivity index (χ1v) is 11.3. The van der Waals surface area contributed by atoms with E-state index in [2.05, 4.69) is 15.6 Å². The van der Waals surface area contributed by atoms with Crippen LogP contribution < -0.4 is 15.4 Å². The number of methoxy groups -OCH3 is 1. The Hall–Kier alpha value is -1.84. The first-order valence-electron chi connectivity index (χ1n) is 9.47. The molecule has 0 amide bonds. The van der Waals surface area contributed by atoms with Gasteiger partial charge in [-0.25, -0.2) is 8.42 Å². The van der Waals surface area contributed by atoms with E-state index in [1.807, 2.05) is 25.1 Å². The summed E-state index contributed by atoms with van der Waals surface area (Å²) in [6.07, 6.45) is 3.00. The predicted molar refractivity (Wildman–Crippen MR) is 111 cm³/mol. The van der Waals surface area contributed by atoms with Crippen LogP contribution in [0.1, 0.15) is 24.0 Å². The minimum atomic E-state index is -3.18. The number of benzene rings is 1. The smallest absolute Gasteiger partial charge is 0.211 e. The zero-order chi connectivity index (χ0) is 20.6. The van der Waals surface area contributed by atoms with Crippen molar-refractivity contribution in [2.45, 2.75) is 32.4 Å². The van der Waals surface area contributed by atoms with Crippen molar-refractivity contribution in [3.05, 3.63) is 29.3 Å². The van der Waals surface area contributed by atoms with Crippen molar-refractivity contribution in [1.82, 2.24) is 14.9 Å². The summed E-state index contributed by atoms with van der Waals surface area (Å²) in [5.41, 5.74) is 2.14. The number of aryl methyl sites for hydroxylation is 1. The van der Waals surface area contributed by atoms with Crippen LogP contribution in [0.25, 0.3) is 0 Å². The summed E-state index contributed by atoms with van der Waals surface area (Å²) in [6.45, 7) is 4.70. The Bertz CT molecular complexity index is 767. The van der Waals surface area contributed by atoms with Gasteiger partial charge in [0.05, 0.1) is 12.9 Å². The van der Waals surface area contributed by atoms with Crippen molar-refractivity contribution >= 4 is 16.0 Å². The lowest BCUT2D eigenvalue weighted by Gasteiger charge is -2.23. The van der Waals surface area contributed by atoms with Crippen LogP contribution in [0.15, 0.2) is 23.2 Å². The van der Waals surface area contributed by atoms with Gasteiger partial charge in [-0.05, 0) is 31.4 Å². The van der Waals surface area contributed by atoms with Gasteiger partial charge in [0.15, 0.2) is 5.96 Å². The largest absolute Gasteiger partial charge is 0.491 e. The van der Waals surface area contributed by atoms with Gasteiger partial charge < -0.3 is 20.1 Å². The van der Waals surface area contributed by atoms with E-state index in [-0.39, 0.29) is 6.04 Å². The predicted octanol–water partition coefficient (Wildman–Crippen LogP) is 1.11. The van der Waals surface area contributed by atoms with Gasteiger partial charge in [0.1, 0.15) is 12.4 Å². The monoisotopic (exact) mass is 412 g/mol. The fraction of sp³-hybridized carbons (Fsp3) is 0.632. The molecule has 28 heavy (non-hydrogen) atoms. The maximum Gasteiger partial charge on any atom is 0.211 e. The molecular formula is C19H32N4O4S. The molecule has 0 bridgehead atoms. The van der Waals surface area contributed by atoms with Gasteiger partial charge in [-0.1, -0.05) is 12.1 Å². The second-order valence-corrected chi connectivity index (χ2v) is 8.86. The molecular weight excluding hydrogens is 380 g/mol. The third-order valence-corrected chi connectivity index (χ3v) is 6.02. The van der Waals surface area contributed by atoms with E-state index in [0.29, 0.717) is 38.8 Å². The summed E-state index contributed by atoms with van der Waals surface area (Å²) in [5, 5.41) is 6.51. The molecule has 1 fully saturated rings. The standard InChI is InChI=1S/C19H32N4O4S/c1-15-7-8-16(18(12-15)27-11-10-26-3)13-21-19(20-2)22-14-17-6-5-9-23(17)28(4,24)25/h7-8,12,17H,5-6,9-11,13-14H2,1-4H3,(H2,20,21,22)/t17-/m1/s1. The number of guanidine groups is 1. The molecule has 1 aromatic rings. The first-order chi connectivity index (χ1) is 13.3. The Morgan fingerprint density at radius 2 is 2.11 bits per heavy atom. The average molecular weight is 413 g/mol. The number of hydrogen-bond acceptors (Lipinski definition) is 5. The molecule has 1 aliphatic heterocycles. The van der Waals surface area contributed by atoms with Crippen LogP contribution in [-0.4, -0.2) is 71.4 Å². The molecule has 158 valence electrons. The highest BCUT2D eigenvalue weighted by molar-refractivity contribution is 7.88. The number of ether oxygens (including phenoxy) is 2. The average Bonchev–Trinajstić information content (AvgIpc) is 3.12. The lowest BCUT2D eigenvalue weighted by Crippen LogP contribution is -2.46. The molecule has 2 rings (SSSR count). The minimum absolute atomic E-state index is 0.0409. The zero-order valence-electron chi connectivity index (χ0n) is 17.2. The van der Waals surface area contributed by atoms with E-state index in [1.54, 1.807) is 18.5 Å². The van der Waals surface area contributed by atoms with E-state index in [0.717, 1.165) is 29.7 Å². The lowest BCUT2D eigenvalue weighted by molar-refractivity contribution is 0.145. The Morgan fingerprint density at radius 3 is 2.79 bits per heavy atom. The Balaban J connectivity index is 1.92. The molecule has 1 aromatic carbocycles. The van der Waals surface area contributed by atoms with Crippen LogP contribution in [0.5, 0.6) is 5.75 Å². The molecule has 0 aliphatic carbocycles. The number of aliphatic imine (C=N–C) groups is 1. The van der Waals surface area contributed by atoms with Crippen molar-refractivity contribution in [1.29, 1.82) is 0 Å². The number of nitrogens with zero attached hydrogens (tertiary/aromatic N) is 2. The molecule has 1 saturated heterocycles. The van der Waals surface area contributed by atoms with Gasteiger partial charge in [-0.2, -0.15) is 4.31 Å². The van der Waals surface area contributed by atoms with E-state index < -0.39 is 10.0 Å². The highest BCUT2D eigenvalue weighted by atomic mass is 32.2. The molecule has 1 aliphatic rings. The summed E-state index contributed by atoms with van der Waals surface area (Å²) >= 11 is 0. The Kier molecular flexibility index (Phi) is 8.53. The maximum atomic E-state index is 11.9. The highest BCUT2D eigenvalue weighted by Crippen LogP contribution is 2.21. The molecule has 0 unspecified atom stereocenters. The van der Waals surface area contributed by atoms with Crippen molar-refractivity contribution in [3.8, 4) is 5.75 Å². The van der Waals surface area contributed by atoms with Gasteiger partial charge in [0, 0.05) is 45.4 Å². The Labute approximate surface area is 168 Å². The fourth-order valence-electron chi connectivity index (χ4n) is 3.24. The second-order valence-electron chi connectivity index (χ2n) is 6.93. The first kappa shape index (κ1) is 22.4. The summed E-state index contributed by atoms with van der Waals surface area (Å²) in [7, 11) is 0.168. The Morgan fingerprint density at radius 1 is 1.32 bits per heavy atom. The summed E-state index contributed by atoms with van der Waals surface area (Å²) in [6, 6.07) is 6.03. The topological polar surface area (TPSA) is 92.3 Å². The summed E-state index contributed by atoms with van der Waals surface area (Å²) in [4.78, 5) is 4.24. The number of sulfonamides is 1. The maximum absolute atomic E-state index is 11.9. The SMILES string of the molecule is CN=C(NCc1ccc(C)cc1OCCOC)NC[C@H]1CCCN1S(C)(=O)=O. The molecule has 8 nitrogen and oxygen atoms in total. The third kappa shape index (κ3) is 6.65. The van der Waals surface area contributed by atoms with Gasteiger partial charge in [-0.15, -0.1) is 0 Å². The van der Waals surface area contributed by atoms with Crippen LogP contribution in [0, 0.1) is 6.92 Å². The molecule has 0 radical (unpaired) electrons. The van der Waals surface area contributed by atoms with Crippen LogP contribution in [0.2, 0.25) is 0 Å². The highest BCUT2D eigenvalue weighted by Gasteiger charge is 2.31. The molecule has 0 spiro atoms. The van der Waals surface area contributed by atoms with Gasteiger partial charge >= 0.3 is 0 Å². The summed E-state index contributed by atoms with van der Waals surface area (Å²) < 4.78 is 36.2. The van der Waals surface area contributed by atoms with Gasteiger partial charge in [-0.3, -0.25) is 4.99 Å².